The molecular weight excluding hydrogens is 545 g/mol. The van der Waals surface area contributed by atoms with E-state index in [2.05, 4.69) is 53.9 Å². The minimum Gasteiger partial charge on any atom is -0.370 e. The van der Waals surface area contributed by atoms with Crippen LogP contribution in [0.3, 0.4) is 0 Å². The lowest BCUT2D eigenvalue weighted by atomic mass is 9.90. The number of ether oxygens (including phenoxy) is 1. The van der Waals surface area contributed by atoms with Crippen molar-refractivity contribution in [3.05, 3.63) is 63.1 Å². The summed E-state index contributed by atoms with van der Waals surface area (Å²) < 4.78 is 30.5. The molecule has 11 heteroatoms. The van der Waals surface area contributed by atoms with Gasteiger partial charge >= 0.3 is 0 Å². The van der Waals surface area contributed by atoms with Crippen LogP contribution in [-0.4, -0.2) is 65.0 Å². The smallest absolute Gasteiger partial charge is 0.246 e. The average Bonchev–Trinajstić information content (AvgIpc) is 3.23. The normalized spacial score (nSPS) is 18.9. The van der Waals surface area contributed by atoms with E-state index in [0.29, 0.717) is 12.0 Å². The minimum absolute atomic E-state index is 0.0305. The standard InChI is InChI=1S/C25H32Cl3N3O4S/c1-31(2)24(17-6-4-3-5-7-17)18-8-9-20(12-18)30-23(32)15-35-11-10-29-16-36(33,34)25-21(27)13-19(26)14-22(25)28/h3-7,13-14,18,20,24,29H,8-12,15-16H2,1-2H3,(H,30,32). The molecule has 2 aromatic rings. The van der Waals surface area contributed by atoms with Gasteiger partial charge in [0, 0.05) is 23.7 Å². The molecule has 7 nitrogen and oxygen atoms in total. The summed E-state index contributed by atoms with van der Waals surface area (Å²) in [7, 11) is 0.417. The summed E-state index contributed by atoms with van der Waals surface area (Å²) in [5.74, 6) is -0.0850. The number of halogens is 3. The topological polar surface area (TPSA) is 87.7 Å². The third kappa shape index (κ3) is 8.05. The zero-order chi connectivity index (χ0) is 26.3. The van der Waals surface area contributed by atoms with E-state index in [9.17, 15) is 13.2 Å². The van der Waals surface area contributed by atoms with Crippen LogP contribution in [0.4, 0.5) is 0 Å². The van der Waals surface area contributed by atoms with E-state index in [1.165, 1.54) is 17.7 Å². The van der Waals surface area contributed by atoms with Crippen LogP contribution in [0.1, 0.15) is 30.9 Å². The van der Waals surface area contributed by atoms with Gasteiger partial charge in [-0.3, -0.25) is 4.79 Å². The lowest BCUT2D eigenvalue weighted by Gasteiger charge is -2.30. The van der Waals surface area contributed by atoms with Crippen LogP contribution >= 0.6 is 34.8 Å². The van der Waals surface area contributed by atoms with Gasteiger partial charge in [0.25, 0.3) is 0 Å². The van der Waals surface area contributed by atoms with Crippen LogP contribution in [-0.2, 0) is 19.4 Å². The van der Waals surface area contributed by atoms with Crippen molar-refractivity contribution < 1.29 is 17.9 Å². The molecule has 36 heavy (non-hydrogen) atoms. The molecule has 1 aliphatic carbocycles. The maximum absolute atomic E-state index is 12.5. The summed E-state index contributed by atoms with van der Waals surface area (Å²) in [4.78, 5) is 14.4. The Morgan fingerprint density at radius 1 is 1.11 bits per heavy atom. The number of hydrogen-bond acceptors (Lipinski definition) is 6. The summed E-state index contributed by atoms with van der Waals surface area (Å²) in [6.07, 6.45) is 2.89. The SMILES string of the molecule is CN(C)C(c1ccccc1)C1CCC(NC(=O)COCCNCS(=O)(=O)c2c(Cl)cc(Cl)cc2Cl)C1. The Balaban J connectivity index is 1.37. The van der Waals surface area contributed by atoms with Crippen LogP contribution < -0.4 is 10.6 Å². The Kier molecular flexibility index (Phi) is 10.9. The highest BCUT2D eigenvalue weighted by Crippen LogP contribution is 2.38. The molecule has 0 spiro atoms. The first-order valence-corrected chi connectivity index (χ1v) is 14.5. The van der Waals surface area contributed by atoms with E-state index >= 15 is 0 Å². The van der Waals surface area contributed by atoms with Gasteiger partial charge in [-0.15, -0.1) is 0 Å². The molecule has 3 atom stereocenters. The highest BCUT2D eigenvalue weighted by molar-refractivity contribution is 7.91. The lowest BCUT2D eigenvalue weighted by molar-refractivity contribution is -0.126. The van der Waals surface area contributed by atoms with Crippen LogP contribution in [0.5, 0.6) is 0 Å². The van der Waals surface area contributed by atoms with E-state index < -0.39 is 9.84 Å². The highest BCUT2D eigenvalue weighted by Gasteiger charge is 2.33. The Hall–Kier alpha value is -1.39. The van der Waals surface area contributed by atoms with Crippen LogP contribution in [0.15, 0.2) is 47.4 Å². The van der Waals surface area contributed by atoms with Gasteiger partial charge in [0.05, 0.1) is 16.7 Å². The molecule has 0 aliphatic heterocycles. The fourth-order valence-electron chi connectivity index (χ4n) is 4.76. The summed E-state index contributed by atoms with van der Waals surface area (Å²) in [6.45, 7) is 0.331. The van der Waals surface area contributed by atoms with Crippen molar-refractivity contribution >= 4 is 50.5 Å². The first-order valence-electron chi connectivity index (χ1n) is 11.7. The summed E-state index contributed by atoms with van der Waals surface area (Å²) >= 11 is 17.9. The number of nitrogens with one attached hydrogen (secondary N) is 2. The predicted octanol–water partition coefficient (Wildman–Crippen LogP) is 4.57. The predicted molar refractivity (Wildman–Crippen MR) is 144 cm³/mol. The number of nitrogens with zero attached hydrogens (tertiary/aromatic N) is 1. The molecule has 198 valence electrons. The van der Waals surface area contributed by atoms with Crippen molar-refractivity contribution in [1.82, 2.24) is 15.5 Å². The second-order valence-electron chi connectivity index (χ2n) is 9.17. The molecule has 0 radical (unpaired) electrons. The Labute approximate surface area is 228 Å². The van der Waals surface area contributed by atoms with E-state index in [1.54, 1.807) is 0 Å². The first-order chi connectivity index (χ1) is 17.1. The number of carbonyl (C=O) groups excluding carboxylic acids is 1. The third-order valence-corrected chi connectivity index (χ3v) is 8.89. The third-order valence-electron chi connectivity index (χ3n) is 6.20. The molecule has 1 aliphatic rings. The zero-order valence-corrected chi connectivity index (χ0v) is 23.4. The minimum atomic E-state index is -3.77. The fourth-order valence-corrected chi connectivity index (χ4v) is 7.55. The van der Waals surface area contributed by atoms with Gasteiger partial charge in [-0.1, -0.05) is 65.1 Å². The number of carbonyl (C=O) groups is 1. The molecule has 0 bridgehead atoms. The Bertz CT molecular complexity index is 1110. The molecule has 0 heterocycles. The molecule has 2 N–H and O–H groups in total. The number of sulfone groups is 1. The Morgan fingerprint density at radius 2 is 1.78 bits per heavy atom. The molecule has 3 rings (SSSR count). The number of rotatable bonds is 12. The fraction of sp³-hybridized carbons (Fsp3) is 0.480. The van der Waals surface area contributed by atoms with Gasteiger partial charge in [0.15, 0.2) is 9.84 Å². The monoisotopic (exact) mass is 575 g/mol. The zero-order valence-electron chi connectivity index (χ0n) is 20.3. The van der Waals surface area contributed by atoms with E-state index in [-0.39, 0.29) is 57.5 Å². The van der Waals surface area contributed by atoms with Gasteiger partial charge in [0.2, 0.25) is 5.91 Å². The van der Waals surface area contributed by atoms with E-state index in [1.807, 2.05) is 6.07 Å². The number of amides is 1. The maximum Gasteiger partial charge on any atom is 0.246 e. The van der Waals surface area contributed by atoms with E-state index in [4.69, 9.17) is 39.5 Å². The van der Waals surface area contributed by atoms with E-state index in [0.717, 1.165) is 19.3 Å². The second kappa shape index (κ2) is 13.4. The molecule has 0 saturated heterocycles. The molecule has 1 amide bonds. The van der Waals surface area contributed by atoms with Crippen molar-refractivity contribution in [2.24, 2.45) is 5.92 Å². The highest BCUT2D eigenvalue weighted by atomic mass is 35.5. The molecule has 1 saturated carbocycles. The van der Waals surface area contributed by atoms with Crippen molar-refractivity contribution in [2.45, 2.75) is 36.2 Å². The Morgan fingerprint density at radius 3 is 2.42 bits per heavy atom. The van der Waals surface area contributed by atoms with Gasteiger partial charge in [0.1, 0.15) is 17.4 Å². The van der Waals surface area contributed by atoms with Gasteiger partial charge in [-0.2, -0.15) is 0 Å². The van der Waals surface area contributed by atoms with Crippen molar-refractivity contribution in [3.8, 4) is 0 Å². The summed E-state index contributed by atoms with van der Waals surface area (Å²) in [5, 5.41) is 6.05. The summed E-state index contributed by atoms with van der Waals surface area (Å²) in [5.41, 5.74) is 1.29. The van der Waals surface area contributed by atoms with Crippen molar-refractivity contribution in [1.29, 1.82) is 0 Å². The molecular formula is C25H32Cl3N3O4S. The number of hydrogen-bond donors (Lipinski definition) is 2. The number of benzene rings is 2. The van der Waals surface area contributed by atoms with Crippen molar-refractivity contribution in [2.75, 3.05) is 39.7 Å². The molecule has 0 aromatic heterocycles. The van der Waals surface area contributed by atoms with Gasteiger partial charge in [-0.05, 0) is 57.0 Å². The van der Waals surface area contributed by atoms with Crippen LogP contribution in [0.2, 0.25) is 15.1 Å². The van der Waals surface area contributed by atoms with Crippen LogP contribution in [0, 0.1) is 5.92 Å². The maximum atomic E-state index is 12.5. The molecule has 1 fully saturated rings. The first kappa shape index (κ1) is 29.2. The van der Waals surface area contributed by atoms with Gasteiger partial charge in [-0.25, -0.2) is 8.42 Å². The van der Waals surface area contributed by atoms with Crippen molar-refractivity contribution in [3.63, 3.8) is 0 Å². The van der Waals surface area contributed by atoms with Gasteiger partial charge < -0.3 is 20.3 Å². The lowest BCUT2D eigenvalue weighted by Crippen LogP contribution is -2.37. The largest absolute Gasteiger partial charge is 0.370 e. The molecule has 2 aromatic carbocycles. The average molecular weight is 577 g/mol. The van der Waals surface area contributed by atoms with Crippen LogP contribution in [0.25, 0.3) is 0 Å². The summed E-state index contributed by atoms with van der Waals surface area (Å²) in [6, 6.07) is 13.5. The molecule has 3 unspecified atom stereocenters. The quantitative estimate of drug-likeness (QED) is 0.360. The second-order valence-corrected chi connectivity index (χ2v) is 12.3.